The molecule has 3 aliphatic carbocycles. The summed E-state index contributed by atoms with van der Waals surface area (Å²) in [5, 5.41) is 16.3. The molecule has 0 aromatic heterocycles. The van der Waals surface area contributed by atoms with Gasteiger partial charge in [0.15, 0.2) is 18.4 Å². The Balaban J connectivity index is 1.21. The number of carbonyl (C=O) groups excluding carboxylic acids is 2. The molecule has 3 aliphatic heterocycles. The van der Waals surface area contributed by atoms with Crippen LogP contribution in [0.2, 0.25) is 0 Å². The number of allylic oxidation sites excluding steroid dienone is 2. The van der Waals surface area contributed by atoms with Crippen LogP contribution in [-0.2, 0) is 47.5 Å². The summed E-state index contributed by atoms with van der Waals surface area (Å²) in [6, 6.07) is 8.01. The first kappa shape index (κ1) is 46.5. The molecule has 1 aromatic carbocycles. The number of ketones is 1. The number of nitrogens with one attached hydrogen (secondary N) is 1. The van der Waals surface area contributed by atoms with E-state index in [1.807, 2.05) is 32.9 Å². The minimum atomic E-state index is -0.788. The molecule has 3 saturated heterocycles. The quantitative estimate of drug-likeness (QED) is 0.249. The molecule has 19 atom stereocenters. The fraction of sp³-hybridized carbons (Fsp3) is 0.792. The van der Waals surface area contributed by atoms with E-state index in [1.54, 1.807) is 21.3 Å². The predicted molar refractivity (Wildman–Crippen MR) is 230 cm³/mol. The van der Waals surface area contributed by atoms with Crippen LogP contribution in [0, 0.1) is 42.4 Å². The minimum absolute atomic E-state index is 0.00315. The highest BCUT2D eigenvalue weighted by atomic mass is 16.7. The summed E-state index contributed by atoms with van der Waals surface area (Å²) in [5.74, 6) is -1.77. The molecule has 61 heavy (non-hydrogen) atoms. The molecule has 0 spiro atoms. The van der Waals surface area contributed by atoms with E-state index >= 15 is 4.79 Å². The lowest BCUT2D eigenvalue weighted by Gasteiger charge is -2.47. The molecular formula is C48H74N2O11. The number of anilines is 1. The molecule has 342 valence electrons. The number of Topliss-reactive ketones (excluding diaryl/α,β-unsaturated/α-hetero) is 1. The number of hydrogen-bond donors (Lipinski definition) is 2. The van der Waals surface area contributed by atoms with E-state index in [0.717, 1.165) is 30.5 Å². The monoisotopic (exact) mass is 855 g/mol. The molecule has 5 fully saturated rings. The number of ether oxygens (including phenoxy) is 8. The molecule has 1 aromatic rings. The van der Waals surface area contributed by atoms with Crippen LogP contribution in [0.4, 0.5) is 5.69 Å². The number of aryl methyl sites for hydroxylation is 1. The SMILES string of the molecule is CC[C@H]1CCC[C@H](O[C@H]2CC[C@H](N(C)C)C(C)O2)[C@@H](C)C(=O)C2=C[C@H]3[C@@H]4C[C@H](O[C@@H]5OC(C)[C@H](OC)C(OC)C5OC)C[C@H]4[C@@H](O)[C@H](Nc4ccc(C)cc4)[C@H]3[C@@H]2CC(=O)O1. The largest absolute Gasteiger partial charge is 0.462 e. The van der Waals surface area contributed by atoms with Gasteiger partial charge in [-0.25, -0.2) is 0 Å². The van der Waals surface area contributed by atoms with Crippen LogP contribution in [0.1, 0.15) is 91.0 Å². The number of aliphatic hydroxyl groups excluding tert-OH is 1. The maximum atomic E-state index is 15.2. The second-order valence-electron chi connectivity index (χ2n) is 19.1. The molecule has 13 nitrogen and oxygen atoms in total. The number of fused-ring (bicyclic) bond motifs is 5. The van der Waals surface area contributed by atoms with Gasteiger partial charge in [0.1, 0.15) is 24.4 Å². The number of rotatable bonds is 11. The molecule has 0 amide bonds. The van der Waals surface area contributed by atoms with E-state index < -0.39 is 48.8 Å². The molecule has 13 heteroatoms. The first-order valence-corrected chi connectivity index (χ1v) is 23.1. The van der Waals surface area contributed by atoms with Gasteiger partial charge in [0.05, 0.1) is 43.0 Å². The topological polar surface area (TPSA) is 143 Å². The van der Waals surface area contributed by atoms with Crippen molar-refractivity contribution < 1.29 is 52.6 Å². The number of esters is 1. The van der Waals surface area contributed by atoms with Crippen molar-refractivity contribution in [1.82, 2.24) is 4.90 Å². The van der Waals surface area contributed by atoms with Crippen molar-refractivity contribution in [3.05, 3.63) is 41.5 Å². The lowest BCUT2D eigenvalue weighted by Crippen LogP contribution is -2.59. The first-order valence-electron chi connectivity index (χ1n) is 23.1. The number of nitrogens with zero attached hydrogens (tertiary/aromatic N) is 1. The Morgan fingerprint density at radius 1 is 0.852 bits per heavy atom. The van der Waals surface area contributed by atoms with E-state index in [4.69, 9.17) is 37.9 Å². The number of likely N-dealkylation sites (N-methyl/N-ethyl adjacent to an activating group) is 1. The van der Waals surface area contributed by atoms with Crippen molar-refractivity contribution in [1.29, 1.82) is 0 Å². The Bertz CT molecular complexity index is 1660. The van der Waals surface area contributed by atoms with Crippen molar-refractivity contribution in [2.45, 2.75) is 172 Å². The maximum absolute atomic E-state index is 15.2. The van der Waals surface area contributed by atoms with Crippen LogP contribution in [0.15, 0.2) is 35.9 Å². The minimum Gasteiger partial charge on any atom is -0.462 e. The molecular weight excluding hydrogens is 781 g/mol. The van der Waals surface area contributed by atoms with Crippen LogP contribution in [0.25, 0.3) is 0 Å². The molecule has 4 unspecified atom stereocenters. The van der Waals surface area contributed by atoms with Gasteiger partial charge in [0.25, 0.3) is 0 Å². The lowest BCUT2D eigenvalue weighted by atomic mass is 9.62. The van der Waals surface area contributed by atoms with Crippen molar-refractivity contribution in [2.75, 3.05) is 40.7 Å². The maximum Gasteiger partial charge on any atom is 0.306 e. The molecule has 6 aliphatic rings. The van der Waals surface area contributed by atoms with Crippen molar-refractivity contribution in [2.24, 2.45) is 35.5 Å². The molecule has 0 radical (unpaired) electrons. The number of aliphatic hydroxyl groups is 1. The summed E-state index contributed by atoms with van der Waals surface area (Å²) in [6.45, 7) is 10.1. The molecule has 0 bridgehead atoms. The van der Waals surface area contributed by atoms with Crippen molar-refractivity contribution >= 4 is 17.4 Å². The summed E-state index contributed by atoms with van der Waals surface area (Å²) in [7, 11) is 9.07. The second-order valence-corrected chi connectivity index (χ2v) is 19.1. The second kappa shape index (κ2) is 20.2. The fourth-order valence-electron chi connectivity index (χ4n) is 12.0. The van der Waals surface area contributed by atoms with E-state index in [9.17, 15) is 9.90 Å². The van der Waals surface area contributed by atoms with Crippen molar-refractivity contribution in [3.63, 3.8) is 0 Å². The summed E-state index contributed by atoms with van der Waals surface area (Å²) < 4.78 is 50.2. The Kier molecular flexibility index (Phi) is 15.4. The number of carbonyl (C=O) groups is 2. The zero-order valence-electron chi connectivity index (χ0n) is 38.2. The zero-order chi connectivity index (χ0) is 43.7. The predicted octanol–water partition coefficient (Wildman–Crippen LogP) is 6.08. The smallest absolute Gasteiger partial charge is 0.306 e. The van der Waals surface area contributed by atoms with E-state index in [1.165, 1.54) is 0 Å². The van der Waals surface area contributed by atoms with Crippen LogP contribution in [0.5, 0.6) is 0 Å². The molecule has 3 heterocycles. The molecule has 7 rings (SSSR count). The Morgan fingerprint density at radius 3 is 2.21 bits per heavy atom. The van der Waals surface area contributed by atoms with Crippen LogP contribution in [0.3, 0.4) is 0 Å². The molecule has 2 saturated carbocycles. The number of cyclic esters (lactones) is 1. The number of methoxy groups -OCH3 is 3. The van der Waals surface area contributed by atoms with E-state index in [-0.39, 0.29) is 78.5 Å². The average Bonchev–Trinajstić information content (AvgIpc) is 3.82. The van der Waals surface area contributed by atoms with Gasteiger partial charge in [-0.05, 0) is 128 Å². The van der Waals surface area contributed by atoms with Crippen LogP contribution < -0.4 is 5.32 Å². The lowest BCUT2D eigenvalue weighted by molar-refractivity contribution is -0.314. The number of hydrogen-bond acceptors (Lipinski definition) is 13. The normalized spacial score (nSPS) is 43.3. The van der Waals surface area contributed by atoms with Crippen molar-refractivity contribution in [3.8, 4) is 0 Å². The summed E-state index contributed by atoms with van der Waals surface area (Å²) in [4.78, 5) is 31.4. The van der Waals surface area contributed by atoms with Gasteiger partial charge in [-0.3, -0.25) is 9.59 Å². The van der Waals surface area contributed by atoms with Gasteiger partial charge in [-0.15, -0.1) is 0 Å². The van der Waals surface area contributed by atoms with Gasteiger partial charge in [-0.2, -0.15) is 0 Å². The van der Waals surface area contributed by atoms with E-state index in [0.29, 0.717) is 43.7 Å². The standard InChI is InChI=1S/C48H74N2O11/c1-11-30-13-12-14-38(61-40-20-19-37(50(6)7)27(4)57-40)26(3)43(52)36-23-33-32-21-31(60-48-47(56-10)46(55-9)45(54-8)28(5)58-48)22-35(32)44(53)42(41(33)34(36)24-39(51)59-30)49-29-17-15-25(2)16-18-29/h15-18,23,26-28,30-35,37-38,40-42,44-49,53H,11-14,19-22,24H2,1-10H3/t26-,27?,28?,30+,31+,32+,33+,34-,35-,37+,38+,40+,41-,42-,44-,45+,46?,47?,48+/m1/s1. The van der Waals surface area contributed by atoms with E-state index in [2.05, 4.69) is 56.4 Å². The summed E-state index contributed by atoms with van der Waals surface area (Å²) in [5.41, 5.74) is 2.66. The third kappa shape index (κ3) is 9.81. The zero-order valence-corrected chi connectivity index (χ0v) is 38.2. The van der Waals surface area contributed by atoms with Gasteiger partial charge >= 0.3 is 5.97 Å². The third-order valence-electron chi connectivity index (χ3n) is 15.3. The summed E-state index contributed by atoms with van der Waals surface area (Å²) in [6.07, 6.45) is 3.62. The Labute approximate surface area is 363 Å². The highest BCUT2D eigenvalue weighted by Gasteiger charge is 2.60. The average molecular weight is 855 g/mol. The van der Waals surface area contributed by atoms with Gasteiger partial charge in [0, 0.05) is 44.9 Å². The number of benzene rings is 1. The molecule has 2 N–H and O–H groups in total. The van der Waals surface area contributed by atoms with Crippen LogP contribution in [-0.4, -0.2) is 137 Å². The fourth-order valence-corrected chi connectivity index (χ4v) is 12.0. The highest BCUT2D eigenvalue weighted by Crippen LogP contribution is 2.57. The summed E-state index contributed by atoms with van der Waals surface area (Å²) >= 11 is 0. The van der Waals surface area contributed by atoms with Gasteiger partial charge in [-0.1, -0.05) is 37.6 Å². The first-order chi connectivity index (χ1) is 29.3. The Morgan fingerprint density at radius 2 is 1.56 bits per heavy atom. The van der Waals surface area contributed by atoms with Crippen LogP contribution >= 0.6 is 0 Å². The third-order valence-corrected chi connectivity index (χ3v) is 15.3. The van der Waals surface area contributed by atoms with Gasteiger partial charge < -0.3 is 53.2 Å². The van der Waals surface area contributed by atoms with Gasteiger partial charge in [0.2, 0.25) is 0 Å². The Hall–Kier alpha value is -2.46. The highest BCUT2D eigenvalue weighted by molar-refractivity contribution is 5.99.